The van der Waals surface area contributed by atoms with Gasteiger partial charge in [0.1, 0.15) is 11.4 Å². The van der Waals surface area contributed by atoms with Crippen molar-refractivity contribution in [1.82, 2.24) is 0 Å². The molecule has 0 spiro atoms. The summed E-state index contributed by atoms with van der Waals surface area (Å²) >= 11 is 0. The van der Waals surface area contributed by atoms with Gasteiger partial charge >= 0.3 is 0 Å². The van der Waals surface area contributed by atoms with E-state index in [-0.39, 0.29) is 11.7 Å². The molecule has 1 aliphatic heterocycles. The van der Waals surface area contributed by atoms with Crippen LogP contribution in [0.25, 0.3) is 0 Å². The van der Waals surface area contributed by atoms with E-state index in [1.54, 1.807) is 0 Å². The van der Waals surface area contributed by atoms with E-state index in [0.717, 1.165) is 24.2 Å². The van der Waals surface area contributed by atoms with E-state index in [1.807, 2.05) is 12.1 Å². The maximum Gasteiger partial charge on any atom is 0.123 e. The minimum absolute atomic E-state index is 0.0984. The van der Waals surface area contributed by atoms with Gasteiger partial charge in [-0.3, -0.25) is 0 Å². The first-order chi connectivity index (χ1) is 7.96. The molecule has 0 radical (unpaired) electrons. The van der Waals surface area contributed by atoms with Crippen LogP contribution in [0.4, 0.5) is 0 Å². The molecule has 1 aliphatic carbocycles. The van der Waals surface area contributed by atoms with Crippen molar-refractivity contribution >= 4 is 0 Å². The van der Waals surface area contributed by atoms with Crippen molar-refractivity contribution < 1.29 is 9.84 Å². The van der Waals surface area contributed by atoms with Gasteiger partial charge in [0.2, 0.25) is 0 Å². The van der Waals surface area contributed by atoms with E-state index in [4.69, 9.17) is 4.74 Å². The molecule has 1 N–H and O–H groups in total. The Morgan fingerprint density at radius 2 is 2.12 bits per heavy atom. The lowest BCUT2D eigenvalue weighted by atomic mass is 9.97. The molecule has 0 saturated heterocycles. The fourth-order valence-corrected chi connectivity index (χ4v) is 2.85. The number of fused-ring (bicyclic) bond motifs is 1. The predicted molar refractivity (Wildman–Crippen MR) is 67.1 cm³/mol. The Morgan fingerprint density at radius 1 is 1.41 bits per heavy atom. The highest BCUT2D eigenvalue weighted by Gasteiger charge is 2.40. The summed E-state index contributed by atoms with van der Waals surface area (Å²) in [7, 11) is 0. The van der Waals surface area contributed by atoms with Crippen molar-refractivity contribution in [3.8, 4) is 5.75 Å². The third-order valence-corrected chi connectivity index (χ3v) is 4.01. The lowest BCUT2D eigenvalue weighted by molar-refractivity contribution is 0.138. The largest absolute Gasteiger partial charge is 0.487 e. The second-order valence-electron chi connectivity index (χ2n) is 6.23. The van der Waals surface area contributed by atoms with Gasteiger partial charge in [0, 0.05) is 6.42 Å². The standard InChI is InChI=1S/C15H20O2/c1-9-6-12(9)14(16)10-4-5-13-11(7-10)8-15(2,3)17-13/h4-5,7,9,12,14,16H,6,8H2,1-3H3. The van der Waals surface area contributed by atoms with Gasteiger partial charge in [-0.25, -0.2) is 0 Å². The number of hydrogen-bond acceptors (Lipinski definition) is 2. The van der Waals surface area contributed by atoms with Crippen LogP contribution in [-0.2, 0) is 6.42 Å². The highest BCUT2D eigenvalue weighted by atomic mass is 16.5. The first-order valence-electron chi connectivity index (χ1n) is 6.46. The Hall–Kier alpha value is -1.02. The number of aliphatic hydroxyl groups is 1. The monoisotopic (exact) mass is 232 g/mol. The molecular weight excluding hydrogens is 212 g/mol. The Labute approximate surface area is 103 Å². The zero-order valence-electron chi connectivity index (χ0n) is 10.7. The number of ether oxygens (including phenoxy) is 1. The molecule has 3 unspecified atom stereocenters. The SMILES string of the molecule is CC1CC1C(O)c1ccc2c(c1)CC(C)(C)O2. The van der Waals surface area contributed by atoms with E-state index in [2.05, 4.69) is 26.8 Å². The van der Waals surface area contributed by atoms with Gasteiger partial charge in [-0.15, -0.1) is 0 Å². The van der Waals surface area contributed by atoms with E-state index < -0.39 is 0 Å². The Morgan fingerprint density at radius 3 is 2.76 bits per heavy atom. The van der Waals surface area contributed by atoms with Gasteiger partial charge in [0.15, 0.2) is 0 Å². The van der Waals surface area contributed by atoms with Crippen molar-refractivity contribution in [2.75, 3.05) is 0 Å². The van der Waals surface area contributed by atoms with Crippen molar-refractivity contribution in [3.05, 3.63) is 29.3 Å². The molecule has 2 heteroatoms. The molecule has 17 heavy (non-hydrogen) atoms. The normalized spacial score (nSPS) is 30.6. The molecule has 1 aromatic carbocycles. The number of benzene rings is 1. The van der Waals surface area contributed by atoms with Crippen molar-refractivity contribution in [2.24, 2.45) is 11.8 Å². The first-order valence-corrected chi connectivity index (χ1v) is 6.46. The molecule has 92 valence electrons. The molecule has 2 aliphatic rings. The van der Waals surface area contributed by atoms with Crippen LogP contribution in [0.1, 0.15) is 44.4 Å². The summed E-state index contributed by atoms with van der Waals surface area (Å²) < 4.78 is 5.84. The van der Waals surface area contributed by atoms with Crippen LogP contribution in [0, 0.1) is 11.8 Å². The van der Waals surface area contributed by atoms with E-state index in [0.29, 0.717) is 11.8 Å². The summed E-state index contributed by atoms with van der Waals surface area (Å²) in [5.74, 6) is 2.11. The van der Waals surface area contributed by atoms with Crippen LogP contribution in [0.2, 0.25) is 0 Å². The average molecular weight is 232 g/mol. The van der Waals surface area contributed by atoms with Gasteiger partial charge in [-0.05, 0) is 55.4 Å². The molecular formula is C15H20O2. The quantitative estimate of drug-likeness (QED) is 0.849. The van der Waals surface area contributed by atoms with Crippen molar-refractivity contribution in [3.63, 3.8) is 0 Å². The van der Waals surface area contributed by atoms with Gasteiger partial charge in [-0.1, -0.05) is 13.0 Å². The zero-order valence-corrected chi connectivity index (χ0v) is 10.7. The molecule has 1 aromatic rings. The summed E-state index contributed by atoms with van der Waals surface area (Å²) in [6.45, 7) is 6.41. The highest BCUT2D eigenvalue weighted by Crippen LogP contribution is 2.47. The molecule has 0 amide bonds. The Kier molecular flexibility index (Phi) is 2.27. The van der Waals surface area contributed by atoms with E-state index >= 15 is 0 Å². The fraction of sp³-hybridized carbons (Fsp3) is 0.600. The Balaban J connectivity index is 1.85. The third-order valence-electron chi connectivity index (χ3n) is 4.01. The summed E-state index contributed by atoms with van der Waals surface area (Å²) in [5.41, 5.74) is 2.19. The third kappa shape index (κ3) is 1.95. The smallest absolute Gasteiger partial charge is 0.123 e. The fourth-order valence-electron chi connectivity index (χ4n) is 2.85. The van der Waals surface area contributed by atoms with Gasteiger partial charge in [-0.2, -0.15) is 0 Å². The number of aliphatic hydroxyl groups excluding tert-OH is 1. The van der Waals surface area contributed by atoms with E-state index in [9.17, 15) is 5.11 Å². The highest BCUT2D eigenvalue weighted by molar-refractivity contribution is 5.42. The van der Waals surface area contributed by atoms with Gasteiger partial charge < -0.3 is 9.84 Å². The average Bonchev–Trinajstić information content (AvgIpc) is 2.87. The molecule has 0 bridgehead atoms. The molecule has 3 atom stereocenters. The second-order valence-corrected chi connectivity index (χ2v) is 6.23. The van der Waals surface area contributed by atoms with Crippen LogP contribution < -0.4 is 4.74 Å². The number of rotatable bonds is 2. The molecule has 1 heterocycles. The minimum atomic E-state index is -0.293. The van der Waals surface area contributed by atoms with Crippen LogP contribution in [0.15, 0.2) is 18.2 Å². The number of hydrogen-bond donors (Lipinski definition) is 1. The summed E-state index contributed by atoms with van der Waals surface area (Å²) in [4.78, 5) is 0. The van der Waals surface area contributed by atoms with Crippen molar-refractivity contribution in [1.29, 1.82) is 0 Å². The van der Waals surface area contributed by atoms with E-state index in [1.165, 1.54) is 5.56 Å². The second kappa shape index (κ2) is 3.49. The Bertz CT molecular complexity index is 450. The molecule has 1 saturated carbocycles. The molecule has 0 aromatic heterocycles. The summed E-state index contributed by atoms with van der Waals surface area (Å²) in [6.07, 6.45) is 1.79. The van der Waals surface area contributed by atoms with Gasteiger partial charge in [0.25, 0.3) is 0 Å². The van der Waals surface area contributed by atoms with Crippen molar-refractivity contribution in [2.45, 2.75) is 45.3 Å². The molecule has 1 fully saturated rings. The summed E-state index contributed by atoms with van der Waals surface area (Å²) in [6, 6.07) is 6.14. The van der Waals surface area contributed by atoms with Crippen LogP contribution in [-0.4, -0.2) is 10.7 Å². The van der Waals surface area contributed by atoms with Crippen LogP contribution in [0.3, 0.4) is 0 Å². The molecule has 2 nitrogen and oxygen atoms in total. The predicted octanol–water partition coefficient (Wildman–Crippen LogP) is 3.09. The lowest BCUT2D eigenvalue weighted by Gasteiger charge is -2.16. The maximum atomic E-state index is 10.3. The first kappa shape index (κ1) is 11.1. The summed E-state index contributed by atoms with van der Waals surface area (Å²) in [5, 5.41) is 10.3. The van der Waals surface area contributed by atoms with Crippen LogP contribution >= 0.6 is 0 Å². The maximum absolute atomic E-state index is 10.3. The zero-order chi connectivity index (χ0) is 12.2. The van der Waals surface area contributed by atoms with Gasteiger partial charge in [0.05, 0.1) is 6.10 Å². The minimum Gasteiger partial charge on any atom is -0.487 e. The topological polar surface area (TPSA) is 29.5 Å². The molecule has 3 rings (SSSR count). The van der Waals surface area contributed by atoms with Crippen LogP contribution in [0.5, 0.6) is 5.75 Å². The lowest BCUT2D eigenvalue weighted by Crippen LogP contribution is -2.24.